The highest BCUT2D eigenvalue weighted by molar-refractivity contribution is 7.89. The Morgan fingerprint density at radius 3 is 2.55 bits per heavy atom. The Bertz CT molecular complexity index is 587. The highest BCUT2D eigenvalue weighted by Crippen LogP contribution is 2.24. The molecule has 1 aliphatic rings. The highest BCUT2D eigenvalue weighted by Gasteiger charge is 2.28. The Balaban J connectivity index is 2.28. The van der Waals surface area contributed by atoms with Gasteiger partial charge in [-0.1, -0.05) is 26.0 Å². The molecular formula is C15H21NO3S. The average molecular weight is 295 g/mol. The number of hydrogen-bond donors (Lipinski definition) is 0. The van der Waals surface area contributed by atoms with Crippen LogP contribution >= 0.6 is 0 Å². The Morgan fingerprint density at radius 2 is 1.95 bits per heavy atom. The van der Waals surface area contributed by atoms with Gasteiger partial charge in [-0.2, -0.15) is 4.31 Å². The van der Waals surface area contributed by atoms with Crippen molar-refractivity contribution in [3.63, 3.8) is 0 Å². The quantitative estimate of drug-likeness (QED) is 0.803. The first kappa shape index (κ1) is 15.2. The first-order chi connectivity index (χ1) is 9.45. The predicted octanol–water partition coefficient (Wildman–Crippen LogP) is 2.70. The van der Waals surface area contributed by atoms with E-state index in [1.54, 1.807) is 25.1 Å². The molecule has 0 spiro atoms. The molecule has 5 heteroatoms. The molecule has 110 valence electrons. The topological polar surface area (TPSA) is 54.5 Å². The highest BCUT2D eigenvalue weighted by atomic mass is 32.2. The molecule has 20 heavy (non-hydrogen) atoms. The summed E-state index contributed by atoms with van der Waals surface area (Å²) in [5.41, 5.74) is 0.471. The van der Waals surface area contributed by atoms with Crippen LogP contribution in [0, 0.1) is 5.92 Å². The van der Waals surface area contributed by atoms with Crippen molar-refractivity contribution in [1.29, 1.82) is 0 Å². The summed E-state index contributed by atoms with van der Waals surface area (Å²) in [7, 11) is -3.47. The van der Waals surface area contributed by atoms with Crippen molar-refractivity contribution < 1.29 is 13.2 Å². The van der Waals surface area contributed by atoms with E-state index in [2.05, 4.69) is 6.92 Å². The molecule has 0 aromatic heterocycles. The van der Waals surface area contributed by atoms with Gasteiger partial charge in [-0.25, -0.2) is 8.42 Å². The van der Waals surface area contributed by atoms with Crippen molar-refractivity contribution in [3.8, 4) is 0 Å². The number of ketones is 1. The molecule has 0 amide bonds. The van der Waals surface area contributed by atoms with E-state index in [4.69, 9.17) is 0 Å². The van der Waals surface area contributed by atoms with Crippen LogP contribution in [0.15, 0.2) is 29.2 Å². The minimum atomic E-state index is -3.47. The van der Waals surface area contributed by atoms with Gasteiger partial charge in [0.15, 0.2) is 5.78 Å². The van der Waals surface area contributed by atoms with Crippen LogP contribution in [0.1, 0.15) is 43.5 Å². The Morgan fingerprint density at radius 1 is 1.30 bits per heavy atom. The van der Waals surface area contributed by atoms with Gasteiger partial charge in [0.2, 0.25) is 10.0 Å². The average Bonchev–Trinajstić information content (AvgIpc) is 2.47. The monoisotopic (exact) mass is 295 g/mol. The van der Waals surface area contributed by atoms with E-state index in [9.17, 15) is 13.2 Å². The van der Waals surface area contributed by atoms with E-state index in [0.717, 1.165) is 12.8 Å². The van der Waals surface area contributed by atoms with Crippen LogP contribution in [-0.2, 0) is 10.0 Å². The van der Waals surface area contributed by atoms with Crippen molar-refractivity contribution in [1.82, 2.24) is 4.31 Å². The summed E-state index contributed by atoms with van der Waals surface area (Å²) < 4.78 is 26.7. The van der Waals surface area contributed by atoms with Gasteiger partial charge in [0, 0.05) is 25.1 Å². The van der Waals surface area contributed by atoms with Crippen molar-refractivity contribution in [2.45, 2.75) is 38.0 Å². The zero-order chi connectivity index (χ0) is 14.8. The second kappa shape index (κ2) is 6.06. The van der Waals surface area contributed by atoms with Crippen LogP contribution in [0.5, 0.6) is 0 Å². The van der Waals surface area contributed by atoms with Crippen LogP contribution in [0.2, 0.25) is 0 Å². The molecule has 1 aromatic rings. The van der Waals surface area contributed by atoms with Crippen LogP contribution in [0.4, 0.5) is 0 Å². The molecule has 0 aliphatic carbocycles. The van der Waals surface area contributed by atoms with E-state index in [-0.39, 0.29) is 10.7 Å². The summed E-state index contributed by atoms with van der Waals surface area (Å²) in [4.78, 5) is 11.9. The number of carbonyl (C=O) groups excluding carboxylic acids is 1. The molecule has 1 saturated heterocycles. The van der Waals surface area contributed by atoms with Crippen molar-refractivity contribution in [2.75, 3.05) is 13.1 Å². The largest absolute Gasteiger partial charge is 0.294 e. The smallest absolute Gasteiger partial charge is 0.243 e. The summed E-state index contributed by atoms with van der Waals surface area (Å²) in [6.45, 7) is 5.05. The number of piperidine rings is 1. The summed E-state index contributed by atoms with van der Waals surface area (Å²) in [5.74, 6) is 0.545. The Labute approximate surface area is 120 Å². The number of sulfonamides is 1. The third kappa shape index (κ3) is 3.10. The van der Waals surface area contributed by atoms with Crippen molar-refractivity contribution in [3.05, 3.63) is 29.8 Å². The molecule has 1 fully saturated rings. The minimum absolute atomic E-state index is 0.0330. The van der Waals surface area contributed by atoms with Gasteiger partial charge in [-0.3, -0.25) is 4.79 Å². The van der Waals surface area contributed by atoms with Gasteiger partial charge >= 0.3 is 0 Å². The lowest BCUT2D eigenvalue weighted by Gasteiger charge is -2.29. The molecule has 0 N–H and O–H groups in total. The molecule has 0 unspecified atom stereocenters. The van der Waals surface area contributed by atoms with Gasteiger partial charge in [0.05, 0.1) is 4.90 Å². The molecule has 0 radical (unpaired) electrons. The first-order valence-electron chi connectivity index (χ1n) is 7.08. The zero-order valence-corrected chi connectivity index (χ0v) is 12.8. The maximum atomic E-state index is 12.6. The second-order valence-electron chi connectivity index (χ2n) is 5.39. The summed E-state index contributed by atoms with van der Waals surface area (Å²) in [5, 5.41) is 0. The fourth-order valence-electron chi connectivity index (χ4n) is 2.41. The van der Waals surface area contributed by atoms with Gasteiger partial charge in [0.25, 0.3) is 0 Å². The van der Waals surface area contributed by atoms with Crippen molar-refractivity contribution >= 4 is 15.8 Å². The lowest BCUT2D eigenvalue weighted by Crippen LogP contribution is -2.37. The van der Waals surface area contributed by atoms with E-state index in [0.29, 0.717) is 31.0 Å². The van der Waals surface area contributed by atoms with Gasteiger partial charge in [-0.05, 0) is 30.9 Å². The molecule has 0 bridgehead atoms. The third-order valence-corrected chi connectivity index (χ3v) is 5.75. The fraction of sp³-hybridized carbons (Fsp3) is 0.533. The van der Waals surface area contributed by atoms with Gasteiger partial charge < -0.3 is 0 Å². The van der Waals surface area contributed by atoms with E-state index >= 15 is 0 Å². The van der Waals surface area contributed by atoms with E-state index in [1.807, 2.05) is 0 Å². The summed E-state index contributed by atoms with van der Waals surface area (Å²) >= 11 is 0. The Hall–Kier alpha value is -1.20. The van der Waals surface area contributed by atoms with Gasteiger partial charge in [0.1, 0.15) is 0 Å². The summed E-state index contributed by atoms with van der Waals surface area (Å²) in [6, 6.07) is 6.38. The summed E-state index contributed by atoms with van der Waals surface area (Å²) in [6.07, 6.45) is 2.17. The molecule has 4 nitrogen and oxygen atoms in total. The first-order valence-corrected chi connectivity index (χ1v) is 8.52. The van der Waals surface area contributed by atoms with Crippen LogP contribution in [0.25, 0.3) is 0 Å². The SMILES string of the molecule is CCC(=O)c1cccc(S(=O)(=O)N2CCC(C)CC2)c1. The normalized spacial score (nSPS) is 18.1. The maximum Gasteiger partial charge on any atom is 0.243 e. The number of rotatable bonds is 4. The van der Waals surface area contributed by atoms with Crippen molar-refractivity contribution in [2.24, 2.45) is 5.92 Å². The lowest BCUT2D eigenvalue weighted by molar-refractivity contribution is 0.0988. The zero-order valence-electron chi connectivity index (χ0n) is 12.0. The van der Waals surface area contributed by atoms with E-state index < -0.39 is 10.0 Å². The molecule has 0 saturated carbocycles. The second-order valence-corrected chi connectivity index (χ2v) is 7.33. The van der Waals surface area contributed by atoms with Crippen LogP contribution in [-0.4, -0.2) is 31.6 Å². The number of Topliss-reactive ketones (excluding diaryl/α,β-unsaturated/α-hetero) is 1. The standard InChI is InChI=1S/C15H21NO3S/c1-3-15(17)13-5-4-6-14(11-13)20(18,19)16-9-7-12(2)8-10-16/h4-6,11-12H,3,7-10H2,1-2H3. The molecule has 1 aromatic carbocycles. The molecular weight excluding hydrogens is 274 g/mol. The number of benzene rings is 1. The predicted molar refractivity (Wildman–Crippen MR) is 78.2 cm³/mol. The maximum absolute atomic E-state index is 12.6. The number of nitrogens with zero attached hydrogens (tertiary/aromatic N) is 1. The molecule has 1 aliphatic heterocycles. The van der Waals surface area contributed by atoms with Crippen LogP contribution in [0.3, 0.4) is 0 Å². The fourth-order valence-corrected chi connectivity index (χ4v) is 3.92. The molecule has 0 atom stereocenters. The lowest BCUT2D eigenvalue weighted by atomic mass is 10.0. The Kier molecular flexibility index (Phi) is 4.60. The minimum Gasteiger partial charge on any atom is -0.294 e. The van der Waals surface area contributed by atoms with Crippen LogP contribution < -0.4 is 0 Å². The number of hydrogen-bond acceptors (Lipinski definition) is 3. The molecule has 1 heterocycles. The number of carbonyl (C=O) groups is 1. The molecule has 2 rings (SSSR count). The van der Waals surface area contributed by atoms with Gasteiger partial charge in [-0.15, -0.1) is 0 Å². The third-order valence-electron chi connectivity index (χ3n) is 3.86. The van der Waals surface area contributed by atoms with E-state index in [1.165, 1.54) is 10.4 Å².